The molecule has 0 radical (unpaired) electrons. The zero-order valence-electron chi connectivity index (χ0n) is 17.6. The molecule has 2 heterocycles. The van der Waals surface area contributed by atoms with Gasteiger partial charge in [-0.1, -0.05) is 41.9 Å². The summed E-state index contributed by atoms with van der Waals surface area (Å²) in [6, 6.07) is 17.5. The van der Waals surface area contributed by atoms with E-state index in [-0.39, 0.29) is 5.91 Å². The third-order valence-corrected chi connectivity index (χ3v) is 6.12. The summed E-state index contributed by atoms with van der Waals surface area (Å²) in [4.78, 5) is 14.9. The highest BCUT2D eigenvalue weighted by Crippen LogP contribution is 2.26. The smallest absolute Gasteiger partial charge is 0.251 e. The van der Waals surface area contributed by atoms with E-state index in [2.05, 4.69) is 28.4 Å². The summed E-state index contributed by atoms with van der Waals surface area (Å²) in [5, 5.41) is 3.55. The lowest BCUT2D eigenvalue weighted by Gasteiger charge is -2.31. The van der Waals surface area contributed by atoms with Crippen LogP contribution in [0.3, 0.4) is 0 Å². The first-order valence-electron chi connectivity index (χ1n) is 10.6. The van der Waals surface area contributed by atoms with Gasteiger partial charge in [0.1, 0.15) is 11.5 Å². The first kappa shape index (κ1) is 21.5. The lowest BCUT2D eigenvalue weighted by Crippen LogP contribution is -2.38. The van der Waals surface area contributed by atoms with Crippen LogP contribution in [0.1, 0.15) is 29.0 Å². The van der Waals surface area contributed by atoms with Crippen molar-refractivity contribution in [1.29, 1.82) is 0 Å². The van der Waals surface area contributed by atoms with Crippen molar-refractivity contribution in [3.63, 3.8) is 0 Å². The summed E-state index contributed by atoms with van der Waals surface area (Å²) in [7, 11) is 1.54. The Bertz CT molecular complexity index is 1010. The van der Waals surface area contributed by atoms with Crippen LogP contribution in [-0.2, 0) is 6.54 Å². The quantitative estimate of drug-likeness (QED) is 0.547. The van der Waals surface area contributed by atoms with E-state index in [9.17, 15) is 4.79 Å². The van der Waals surface area contributed by atoms with Gasteiger partial charge in [-0.15, -0.1) is 0 Å². The number of hydrogen-bond donors (Lipinski definition) is 1. The fourth-order valence-corrected chi connectivity index (χ4v) is 4.15. The first-order chi connectivity index (χ1) is 15.1. The predicted octanol–water partition coefficient (Wildman–Crippen LogP) is 5.25. The Kier molecular flexibility index (Phi) is 6.95. The number of nitrogens with one attached hydrogen (secondary N) is 1. The molecule has 0 bridgehead atoms. The van der Waals surface area contributed by atoms with Gasteiger partial charge in [0.05, 0.1) is 24.9 Å². The van der Waals surface area contributed by atoms with E-state index in [0.717, 1.165) is 43.8 Å². The summed E-state index contributed by atoms with van der Waals surface area (Å²) in [6.45, 7) is 3.49. The van der Waals surface area contributed by atoms with E-state index < -0.39 is 0 Å². The highest BCUT2D eigenvalue weighted by molar-refractivity contribution is 6.32. The second kappa shape index (κ2) is 10.0. The number of methoxy groups -OCH3 is 1. The number of hydrogen-bond acceptors (Lipinski definition) is 4. The average molecular weight is 439 g/mol. The van der Waals surface area contributed by atoms with Crippen molar-refractivity contribution in [2.24, 2.45) is 5.92 Å². The summed E-state index contributed by atoms with van der Waals surface area (Å²) < 4.78 is 11.0. The number of likely N-dealkylation sites (tertiary alicyclic amines) is 1. The minimum atomic E-state index is -0.0959. The second-order valence-corrected chi connectivity index (χ2v) is 8.35. The van der Waals surface area contributed by atoms with E-state index in [1.165, 1.54) is 5.56 Å². The summed E-state index contributed by atoms with van der Waals surface area (Å²) in [6.07, 6.45) is 3.94. The standard InChI is InChI=1S/C25H27ClN2O3/c1-30-24-14-20(7-8-23(24)26)25(29)27-15-18-9-11-28(12-10-18)16-22-13-21(17-31-22)19-5-3-2-4-6-19/h2-8,13-14,17-18H,9-12,15-16H2,1H3,(H,27,29). The molecule has 0 aliphatic carbocycles. The number of ether oxygens (including phenoxy) is 1. The normalized spacial score (nSPS) is 15.0. The Hall–Kier alpha value is -2.76. The summed E-state index contributed by atoms with van der Waals surface area (Å²) >= 11 is 6.04. The number of piperidine rings is 1. The van der Waals surface area contributed by atoms with Crippen LogP contribution in [0.4, 0.5) is 0 Å². The number of carbonyl (C=O) groups is 1. The van der Waals surface area contributed by atoms with Crippen molar-refractivity contribution in [2.45, 2.75) is 19.4 Å². The first-order valence-corrected chi connectivity index (χ1v) is 11.0. The van der Waals surface area contributed by atoms with Crippen molar-refractivity contribution in [1.82, 2.24) is 10.2 Å². The molecule has 5 nitrogen and oxygen atoms in total. The van der Waals surface area contributed by atoms with Gasteiger partial charge in [0, 0.05) is 17.7 Å². The van der Waals surface area contributed by atoms with Gasteiger partial charge in [0.25, 0.3) is 5.91 Å². The Morgan fingerprint density at radius 3 is 2.65 bits per heavy atom. The number of amides is 1. The van der Waals surface area contributed by atoms with E-state index >= 15 is 0 Å². The van der Waals surface area contributed by atoms with Crippen molar-refractivity contribution in [2.75, 3.05) is 26.7 Å². The van der Waals surface area contributed by atoms with Crippen LogP contribution in [0, 0.1) is 5.92 Å². The van der Waals surface area contributed by atoms with E-state index in [1.807, 2.05) is 24.5 Å². The highest BCUT2D eigenvalue weighted by Gasteiger charge is 2.21. The Morgan fingerprint density at radius 2 is 1.90 bits per heavy atom. The summed E-state index contributed by atoms with van der Waals surface area (Å²) in [5.41, 5.74) is 2.85. The van der Waals surface area contributed by atoms with Crippen molar-refractivity contribution in [3.8, 4) is 16.9 Å². The molecule has 1 N–H and O–H groups in total. The van der Waals surface area contributed by atoms with Gasteiger partial charge in [0.15, 0.2) is 0 Å². The average Bonchev–Trinajstić information content (AvgIpc) is 3.28. The van der Waals surface area contributed by atoms with Crippen LogP contribution in [-0.4, -0.2) is 37.6 Å². The lowest BCUT2D eigenvalue weighted by molar-refractivity contribution is 0.0934. The van der Waals surface area contributed by atoms with E-state index in [1.54, 1.807) is 25.3 Å². The largest absolute Gasteiger partial charge is 0.495 e. The van der Waals surface area contributed by atoms with Gasteiger partial charge >= 0.3 is 0 Å². The lowest BCUT2D eigenvalue weighted by atomic mass is 9.96. The zero-order chi connectivity index (χ0) is 21.6. The molecule has 6 heteroatoms. The SMILES string of the molecule is COc1cc(C(=O)NCC2CCN(Cc3cc(-c4ccccc4)co3)CC2)ccc1Cl. The maximum absolute atomic E-state index is 12.5. The number of benzene rings is 2. The van der Waals surface area contributed by atoms with Crippen molar-refractivity contribution in [3.05, 3.63) is 77.2 Å². The number of nitrogens with zero attached hydrogens (tertiary/aromatic N) is 1. The Labute approximate surface area is 188 Å². The Balaban J connectivity index is 1.23. The van der Waals surface area contributed by atoms with E-state index in [4.69, 9.17) is 20.8 Å². The van der Waals surface area contributed by atoms with E-state index in [0.29, 0.717) is 28.8 Å². The predicted molar refractivity (Wildman–Crippen MR) is 122 cm³/mol. The molecule has 4 rings (SSSR count). The van der Waals surface area contributed by atoms with Crippen LogP contribution in [0.25, 0.3) is 11.1 Å². The maximum atomic E-state index is 12.5. The number of rotatable bonds is 7. The van der Waals surface area contributed by atoms with Gasteiger partial charge < -0.3 is 14.5 Å². The molecule has 1 aromatic heterocycles. The second-order valence-electron chi connectivity index (χ2n) is 7.95. The van der Waals surface area contributed by atoms with Crippen LogP contribution in [0.5, 0.6) is 5.75 Å². The number of halogens is 1. The molecule has 0 spiro atoms. The summed E-state index contributed by atoms with van der Waals surface area (Å²) in [5.74, 6) is 1.88. The van der Waals surface area contributed by atoms with Crippen LogP contribution in [0.2, 0.25) is 5.02 Å². The molecule has 1 saturated heterocycles. The van der Waals surface area contributed by atoms with Gasteiger partial charge in [0.2, 0.25) is 0 Å². The highest BCUT2D eigenvalue weighted by atomic mass is 35.5. The minimum absolute atomic E-state index is 0.0959. The molecule has 1 fully saturated rings. The van der Waals surface area contributed by atoms with Crippen molar-refractivity contribution < 1.29 is 13.9 Å². The minimum Gasteiger partial charge on any atom is -0.495 e. The molecule has 1 aliphatic heterocycles. The molecule has 0 atom stereocenters. The molecular formula is C25H27ClN2O3. The Morgan fingerprint density at radius 1 is 1.13 bits per heavy atom. The molecule has 0 unspecified atom stereocenters. The third kappa shape index (κ3) is 5.49. The topological polar surface area (TPSA) is 54.7 Å². The van der Waals surface area contributed by atoms with Crippen LogP contribution < -0.4 is 10.1 Å². The van der Waals surface area contributed by atoms with Crippen LogP contribution in [0.15, 0.2) is 65.3 Å². The third-order valence-electron chi connectivity index (χ3n) is 5.81. The molecular weight excluding hydrogens is 412 g/mol. The monoisotopic (exact) mass is 438 g/mol. The van der Waals surface area contributed by atoms with Gasteiger partial charge in [-0.2, -0.15) is 0 Å². The molecule has 3 aromatic rings. The molecule has 1 amide bonds. The number of carbonyl (C=O) groups excluding carboxylic acids is 1. The van der Waals surface area contributed by atoms with Crippen LogP contribution >= 0.6 is 11.6 Å². The molecule has 0 saturated carbocycles. The fraction of sp³-hybridized carbons (Fsp3) is 0.320. The zero-order valence-corrected chi connectivity index (χ0v) is 18.4. The molecule has 162 valence electrons. The molecule has 1 aliphatic rings. The molecule has 2 aromatic carbocycles. The fourth-order valence-electron chi connectivity index (χ4n) is 3.95. The number of furan rings is 1. The van der Waals surface area contributed by atoms with Gasteiger partial charge in [-0.25, -0.2) is 0 Å². The maximum Gasteiger partial charge on any atom is 0.251 e. The molecule has 31 heavy (non-hydrogen) atoms. The van der Waals surface area contributed by atoms with Crippen molar-refractivity contribution >= 4 is 17.5 Å². The van der Waals surface area contributed by atoms with Gasteiger partial charge in [-0.3, -0.25) is 9.69 Å². The van der Waals surface area contributed by atoms with Gasteiger partial charge in [-0.05, 0) is 61.7 Å².